The van der Waals surface area contributed by atoms with Crippen LogP contribution in [0.2, 0.25) is 0 Å². The van der Waals surface area contributed by atoms with Gasteiger partial charge in [-0.3, -0.25) is 19.6 Å². The Bertz CT molecular complexity index is 614. The first-order valence-corrected chi connectivity index (χ1v) is 10.3. The minimum atomic E-state index is -0.663. The number of nitrogens with one attached hydrogen (secondary N) is 3. The molecule has 29 heavy (non-hydrogen) atoms. The number of carbonyl (C=O) groups excluding carboxylic acids is 2. The van der Waals surface area contributed by atoms with Gasteiger partial charge in [0.05, 0.1) is 18.6 Å². The molecule has 0 aromatic heterocycles. The zero-order valence-corrected chi connectivity index (χ0v) is 17.1. The van der Waals surface area contributed by atoms with E-state index in [4.69, 9.17) is 14.8 Å². The SMILES string of the molecule is C[C@@H]1CCCCNC(=O)COC(CONO)[C@@H](CCCc2ccccc2)C(=O)N1. The van der Waals surface area contributed by atoms with E-state index in [0.717, 1.165) is 32.1 Å². The van der Waals surface area contributed by atoms with Crippen LogP contribution in [0.25, 0.3) is 0 Å². The lowest BCUT2D eigenvalue weighted by Crippen LogP contribution is -2.45. The third-order valence-electron chi connectivity index (χ3n) is 5.12. The van der Waals surface area contributed by atoms with Gasteiger partial charge in [-0.2, -0.15) is 0 Å². The number of hydrogen-bond acceptors (Lipinski definition) is 6. The summed E-state index contributed by atoms with van der Waals surface area (Å²) in [5, 5.41) is 14.7. The summed E-state index contributed by atoms with van der Waals surface area (Å²) in [7, 11) is 0. The van der Waals surface area contributed by atoms with Gasteiger partial charge < -0.3 is 15.4 Å². The second kappa shape index (κ2) is 13.3. The first-order chi connectivity index (χ1) is 14.1. The number of amides is 2. The van der Waals surface area contributed by atoms with E-state index in [1.807, 2.05) is 25.1 Å². The zero-order chi connectivity index (χ0) is 20.9. The minimum Gasteiger partial charge on any atom is -0.365 e. The molecular formula is C21H33N3O5. The van der Waals surface area contributed by atoms with E-state index < -0.39 is 12.0 Å². The van der Waals surface area contributed by atoms with Gasteiger partial charge in [0, 0.05) is 12.6 Å². The summed E-state index contributed by atoms with van der Waals surface area (Å²) in [6.45, 7) is 2.36. The molecule has 3 atom stereocenters. The van der Waals surface area contributed by atoms with Gasteiger partial charge in [0.1, 0.15) is 6.61 Å². The molecule has 1 fully saturated rings. The number of hydrogen-bond donors (Lipinski definition) is 4. The van der Waals surface area contributed by atoms with Crippen LogP contribution in [0, 0.1) is 5.92 Å². The van der Waals surface area contributed by atoms with E-state index >= 15 is 0 Å². The fraction of sp³-hybridized carbons (Fsp3) is 0.619. The second-order valence-electron chi connectivity index (χ2n) is 7.49. The van der Waals surface area contributed by atoms with Gasteiger partial charge in [0.15, 0.2) is 0 Å². The number of aryl methyl sites for hydroxylation is 1. The minimum absolute atomic E-state index is 0.0353. The van der Waals surface area contributed by atoms with E-state index in [1.165, 1.54) is 5.56 Å². The van der Waals surface area contributed by atoms with Crippen molar-refractivity contribution in [2.45, 2.75) is 57.6 Å². The first-order valence-electron chi connectivity index (χ1n) is 10.3. The largest absolute Gasteiger partial charge is 0.365 e. The highest BCUT2D eigenvalue weighted by Gasteiger charge is 2.31. The summed E-state index contributed by atoms with van der Waals surface area (Å²) < 4.78 is 5.74. The van der Waals surface area contributed by atoms with Crippen molar-refractivity contribution in [1.29, 1.82) is 0 Å². The van der Waals surface area contributed by atoms with Crippen LogP contribution in [0.1, 0.15) is 44.6 Å². The monoisotopic (exact) mass is 407 g/mol. The highest BCUT2D eigenvalue weighted by Crippen LogP contribution is 2.19. The molecule has 1 aliphatic rings. The Kier molecular flexibility index (Phi) is 10.6. The molecule has 4 N–H and O–H groups in total. The predicted molar refractivity (Wildman–Crippen MR) is 108 cm³/mol. The number of rotatable bonds is 7. The third kappa shape index (κ3) is 8.91. The number of ether oxygens (including phenoxy) is 1. The number of carbonyl (C=O) groups is 2. The van der Waals surface area contributed by atoms with Gasteiger partial charge in [0.25, 0.3) is 0 Å². The highest BCUT2D eigenvalue weighted by molar-refractivity contribution is 5.80. The molecule has 1 aromatic carbocycles. The Morgan fingerprint density at radius 3 is 2.79 bits per heavy atom. The Hall–Kier alpha value is -2.00. The summed E-state index contributed by atoms with van der Waals surface area (Å²) in [5.74, 6) is -0.831. The molecule has 0 aliphatic carbocycles. The smallest absolute Gasteiger partial charge is 0.246 e. The molecule has 2 rings (SSSR count). The zero-order valence-electron chi connectivity index (χ0n) is 17.1. The average Bonchev–Trinajstić information content (AvgIpc) is 2.72. The van der Waals surface area contributed by atoms with E-state index in [0.29, 0.717) is 13.0 Å². The van der Waals surface area contributed by atoms with Crippen molar-refractivity contribution in [3.63, 3.8) is 0 Å². The molecule has 2 amide bonds. The molecule has 1 saturated heterocycles. The summed E-state index contributed by atoms with van der Waals surface area (Å²) in [4.78, 5) is 29.9. The van der Waals surface area contributed by atoms with Crippen molar-refractivity contribution in [3.05, 3.63) is 35.9 Å². The molecular weight excluding hydrogens is 374 g/mol. The lowest BCUT2D eigenvalue weighted by atomic mass is 9.93. The van der Waals surface area contributed by atoms with Gasteiger partial charge in [-0.25, -0.2) is 0 Å². The van der Waals surface area contributed by atoms with E-state index in [1.54, 1.807) is 5.64 Å². The van der Waals surface area contributed by atoms with Crippen molar-refractivity contribution in [2.24, 2.45) is 5.92 Å². The molecule has 8 nitrogen and oxygen atoms in total. The predicted octanol–water partition coefficient (Wildman–Crippen LogP) is 1.73. The number of benzene rings is 1. The third-order valence-corrected chi connectivity index (χ3v) is 5.12. The van der Waals surface area contributed by atoms with Crippen LogP contribution >= 0.6 is 0 Å². The first kappa shape index (κ1) is 23.3. The molecule has 1 aromatic rings. The standard InChI is InChI=1S/C21H33N3O5/c1-16-8-5-6-13-22-20(25)15-28-19(14-29-24-27)18(21(26)23-16)12-7-11-17-9-3-2-4-10-17/h2-4,9-10,16,18-19,24,27H,5-8,11-15H2,1H3,(H,22,25)(H,23,26)/t16-,18-,19?/m1/s1. The lowest BCUT2D eigenvalue weighted by Gasteiger charge is -2.27. The molecule has 8 heteroatoms. The molecule has 0 spiro atoms. The van der Waals surface area contributed by atoms with E-state index in [9.17, 15) is 9.59 Å². The van der Waals surface area contributed by atoms with Crippen LogP contribution in [-0.2, 0) is 25.6 Å². The quantitative estimate of drug-likeness (QED) is 0.513. The maximum Gasteiger partial charge on any atom is 0.246 e. The molecule has 162 valence electrons. The maximum absolute atomic E-state index is 13.0. The maximum atomic E-state index is 13.0. The highest BCUT2D eigenvalue weighted by atomic mass is 16.8. The topological polar surface area (TPSA) is 109 Å². The molecule has 0 bridgehead atoms. The van der Waals surface area contributed by atoms with Gasteiger partial charge in [-0.15, -0.1) is 0 Å². The van der Waals surface area contributed by atoms with Crippen LogP contribution in [0.5, 0.6) is 0 Å². The van der Waals surface area contributed by atoms with Crippen LogP contribution in [0.15, 0.2) is 30.3 Å². The van der Waals surface area contributed by atoms with Gasteiger partial charge in [-0.05, 0) is 51.0 Å². The molecule has 0 saturated carbocycles. The summed E-state index contributed by atoms with van der Waals surface area (Å²) in [6.07, 6.45) is 4.16. The van der Waals surface area contributed by atoms with E-state index in [-0.39, 0.29) is 31.1 Å². The normalized spacial score (nSPS) is 24.6. The Labute approximate surface area is 172 Å². The fourth-order valence-corrected chi connectivity index (χ4v) is 3.52. The van der Waals surface area contributed by atoms with Crippen LogP contribution in [0.3, 0.4) is 0 Å². The summed E-state index contributed by atoms with van der Waals surface area (Å²) in [5.41, 5.74) is 2.84. The van der Waals surface area contributed by atoms with Crippen LogP contribution in [-0.4, -0.2) is 48.9 Å². The van der Waals surface area contributed by atoms with Gasteiger partial charge in [0.2, 0.25) is 11.8 Å². The van der Waals surface area contributed by atoms with Crippen molar-refractivity contribution in [3.8, 4) is 0 Å². The average molecular weight is 408 g/mol. The molecule has 1 unspecified atom stereocenters. The van der Waals surface area contributed by atoms with Crippen molar-refractivity contribution >= 4 is 11.8 Å². The Balaban J connectivity index is 2.08. The molecule has 1 aliphatic heterocycles. The Morgan fingerprint density at radius 2 is 2.03 bits per heavy atom. The van der Waals surface area contributed by atoms with Gasteiger partial charge in [-0.1, -0.05) is 36.0 Å². The fourth-order valence-electron chi connectivity index (χ4n) is 3.52. The van der Waals surface area contributed by atoms with E-state index in [2.05, 4.69) is 22.8 Å². The second-order valence-corrected chi connectivity index (χ2v) is 7.49. The van der Waals surface area contributed by atoms with Gasteiger partial charge >= 0.3 is 0 Å². The van der Waals surface area contributed by atoms with Crippen LogP contribution in [0.4, 0.5) is 0 Å². The summed E-state index contributed by atoms with van der Waals surface area (Å²) >= 11 is 0. The van der Waals surface area contributed by atoms with Crippen molar-refractivity contribution < 1.29 is 24.4 Å². The Morgan fingerprint density at radius 1 is 1.24 bits per heavy atom. The molecule has 1 heterocycles. The van der Waals surface area contributed by atoms with Crippen molar-refractivity contribution in [1.82, 2.24) is 16.3 Å². The summed E-state index contributed by atoms with van der Waals surface area (Å²) in [6, 6.07) is 10.1. The van der Waals surface area contributed by atoms with Crippen molar-refractivity contribution in [2.75, 3.05) is 19.8 Å². The molecule has 0 radical (unpaired) electrons. The lowest BCUT2D eigenvalue weighted by molar-refractivity contribution is -0.169. The van der Waals surface area contributed by atoms with Crippen LogP contribution < -0.4 is 16.3 Å².